The monoisotopic (exact) mass is 377 g/mol. The molecule has 0 spiro atoms. The topological polar surface area (TPSA) is 63.1 Å². The van der Waals surface area contributed by atoms with Crippen LogP contribution in [0.3, 0.4) is 0 Å². The summed E-state index contributed by atoms with van der Waals surface area (Å²) < 4.78 is 2.77. The lowest BCUT2D eigenvalue weighted by Gasteiger charge is -2.19. The molecular formula is C16H20BrN5O. The molecule has 2 heterocycles. The molecule has 1 atom stereocenters. The van der Waals surface area contributed by atoms with Gasteiger partial charge in [-0.05, 0) is 30.5 Å². The number of hydrogen-bond donors (Lipinski definition) is 1. The summed E-state index contributed by atoms with van der Waals surface area (Å²) in [5.74, 6) is 0.575. The quantitative estimate of drug-likeness (QED) is 0.836. The van der Waals surface area contributed by atoms with Gasteiger partial charge in [0.05, 0.1) is 6.54 Å². The van der Waals surface area contributed by atoms with Crippen LogP contribution in [0.15, 0.2) is 41.4 Å². The van der Waals surface area contributed by atoms with Gasteiger partial charge in [0.25, 0.3) is 0 Å². The summed E-state index contributed by atoms with van der Waals surface area (Å²) in [4.78, 5) is 18.1. The van der Waals surface area contributed by atoms with Crippen LogP contribution in [0.5, 0.6) is 0 Å². The van der Waals surface area contributed by atoms with E-state index in [4.69, 9.17) is 0 Å². The maximum atomic E-state index is 11.9. The molecule has 1 unspecified atom stereocenters. The number of anilines is 1. The van der Waals surface area contributed by atoms with Crippen molar-refractivity contribution in [2.75, 3.05) is 24.5 Å². The summed E-state index contributed by atoms with van der Waals surface area (Å²) in [6, 6.07) is 8.36. The molecule has 1 aromatic heterocycles. The van der Waals surface area contributed by atoms with Gasteiger partial charge in [-0.15, -0.1) is 0 Å². The van der Waals surface area contributed by atoms with Gasteiger partial charge in [0, 0.05) is 36.2 Å². The van der Waals surface area contributed by atoms with Crippen molar-refractivity contribution >= 4 is 27.5 Å². The predicted octanol–water partition coefficient (Wildman–Crippen LogP) is 2.07. The molecule has 1 saturated heterocycles. The zero-order valence-electron chi connectivity index (χ0n) is 12.9. The number of hydrogen-bond acceptors (Lipinski definition) is 4. The first-order valence-electron chi connectivity index (χ1n) is 7.80. The number of benzene rings is 1. The average Bonchev–Trinajstić information content (AvgIpc) is 3.22. The average molecular weight is 378 g/mol. The van der Waals surface area contributed by atoms with E-state index in [0.717, 1.165) is 30.5 Å². The Kier molecular flexibility index (Phi) is 5.27. The number of nitrogens with one attached hydrogen (secondary N) is 1. The molecule has 1 fully saturated rings. The third-order valence-electron chi connectivity index (χ3n) is 4.08. The van der Waals surface area contributed by atoms with Crippen molar-refractivity contribution < 1.29 is 4.79 Å². The molecule has 23 heavy (non-hydrogen) atoms. The van der Waals surface area contributed by atoms with Crippen molar-refractivity contribution in [2.24, 2.45) is 5.92 Å². The smallest absolute Gasteiger partial charge is 0.221 e. The van der Waals surface area contributed by atoms with Crippen molar-refractivity contribution in [3.05, 3.63) is 41.4 Å². The molecule has 3 rings (SSSR count). The summed E-state index contributed by atoms with van der Waals surface area (Å²) in [7, 11) is 0. The molecule has 1 aromatic carbocycles. The second-order valence-corrected chi connectivity index (χ2v) is 6.71. The van der Waals surface area contributed by atoms with E-state index in [2.05, 4.69) is 54.4 Å². The number of carbonyl (C=O) groups excluding carboxylic acids is 1. The number of rotatable bonds is 6. The largest absolute Gasteiger partial charge is 0.371 e. The SMILES string of the molecule is O=C(CCn1cncn1)NCC1CCN(c2cccc(Br)c2)C1. The zero-order valence-corrected chi connectivity index (χ0v) is 14.4. The number of aryl methyl sites for hydroxylation is 1. The molecule has 1 amide bonds. The minimum absolute atomic E-state index is 0.0707. The van der Waals surface area contributed by atoms with Gasteiger partial charge in [-0.1, -0.05) is 22.0 Å². The second-order valence-electron chi connectivity index (χ2n) is 5.79. The van der Waals surface area contributed by atoms with E-state index in [0.29, 0.717) is 18.9 Å². The third-order valence-corrected chi connectivity index (χ3v) is 4.57. The van der Waals surface area contributed by atoms with Gasteiger partial charge in [0.2, 0.25) is 5.91 Å². The number of halogens is 1. The Morgan fingerprint density at radius 1 is 1.43 bits per heavy atom. The van der Waals surface area contributed by atoms with Crippen molar-refractivity contribution in [1.29, 1.82) is 0 Å². The first kappa shape index (κ1) is 16.0. The molecule has 0 radical (unpaired) electrons. The van der Waals surface area contributed by atoms with Gasteiger partial charge >= 0.3 is 0 Å². The van der Waals surface area contributed by atoms with E-state index in [1.54, 1.807) is 11.0 Å². The van der Waals surface area contributed by atoms with E-state index in [1.807, 2.05) is 6.07 Å². The molecule has 6 nitrogen and oxygen atoms in total. The highest BCUT2D eigenvalue weighted by Crippen LogP contribution is 2.25. The van der Waals surface area contributed by atoms with E-state index < -0.39 is 0 Å². The Morgan fingerprint density at radius 3 is 3.13 bits per heavy atom. The molecule has 2 aromatic rings. The number of nitrogens with zero attached hydrogens (tertiary/aromatic N) is 4. The van der Waals surface area contributed by atoms with E-state index in [1.165, 1.54) is 12.0 Å². The first-order chi connectivity index (χ1) is 11.2. The van der Waals surface area contributed by atoms with Crippen LogP contribution >= 0.6 is 15.9 Å². The van der Waals surface area contributed by atoms with Gasteiger partial charge in [-0.2, -0.15) is 5.10 Å². The van der Waals surface area contributed by atoms with Crippen LogP contribution in [0, 0.1) is 5.92 Å². The van der Waals surface area contributed by atoms with Crippen LogP contribution in [-0.2, 0) is 11.3 Å². The van der Waals surface area contributed by atoms with Crippen LogP contribution in [-0.4, -0.2) is 40.3 Å². The highest BCUT2D eigenvalue weighted by atomic mass is 79.9. The molecule has 7 heteroatoms. The highest BCUT2D eigenvalue weighted by Gasteiger charge is 2.23. The molecule has 122 valence electrons. The van der Waals surface area contributed by atoms with Gasteiger partial charge < -0.3 is 10.2 Å². The lowest BCUT2D eigenvalue weighted by atomic mass is 10.1. The van der Waals surface area contributed by atoms with Crippen LogP contribution in [0.1, 0.15) is 12.8 Å². The number of carbonyl (C=O) groups is 1. The number of amides is 1. The Balaban J connectivity index is 1.40. The maximum Gasteiger partial charge on any atom is 0.221 e. The maximum absolute atomic E-state index is 11.9. The summed E-state index contributed by atoms with van der Waals surface area (Å²) in [5.41, 5.74) is 1.24. The van der Waals surface area contributed by atoms with E-state index >= 15 is 0 Å². The Labute approximate surface area is 144 Å². The minimum Gasteiger partial charge on any atom is -0.371 e. The summed E-state index contributed by atoms with van der Waals surface area (Å²) in [6.07, 6.45) is 4.65. The zero-order chi connectivity index (χ0) is 16.1. The second kappa shape index (κ2) is 7.59. The van der Waals surface area contributed by atoms with E-state index in [9.17, 15) is 4.79 Å². The Bertz CT molecular complexity index is 646. The standard InChI is InChI=1S/C16H20BrN5O/c17-14-2-1-3-15(8-14)21-6-4-13(10-21)9-19-16(23)5-7-22-12-18-11-20-22/h1-3,8,11-13H,4-7,9-10H2,(H,19,23). The lowest BCUT2D eigenvalue weighted by Crippen LogP contribution is -2.31. The van der Waals surface area contributed by atoms with Crippen LogP contribution in [0.2, 0.25) is 0 Å². The van der Waals surface area contributed by atoms with Gasteiger partial charge in [0.1, 0.15) is 12.7 Å². The van der Waals surface area contributed by atoms with Crippen molar-refractivity contribution in [3.63, 3.8) is 0 Å². The van der Waals surface area contributed by atoms with Crippen LogP contribution < -0.4 is 10.2 Å². The fraction of sp³-hybridized carbons (Fsp3) is 0.438. The minimum atomic E-state index is 0.0707. The third kappa shape index (κ3) is 4.54. The Morgan fingerprint density at radius 2 is 2.35 bits per heavy atom. The predicted molar refractivity (Wildman–Crippen MR) is 92.1 cm³/mol. The molecule has 0 saturated carbocycles. The molecule has 1 N–H and O–H groups in total. The van der Waals surface area contributed by atoms with Gasteiger partial charge in [0.15, 0.2) is 0 Å². The molecule has 1 aliphatic heterocycles. The summed E-state index contributed by atoms with van der Waals surface area (Å²) >= 11 is 3.51. The first-order valence-corrected chi connectivity index (χ1v) is 8.59. The van der Waals surface area contributed by atoms with Gasteiger partial charge in [-0.25, -0.2) is 4.98 Å². The van der Waals surface area contributed by atoms with Gasteiger partial charge in [-0.3, -0.25) is 9.48 Å². The molecular weight excluding hydrogens is 358 g/mol. The highest BCUT2D eigenvalue weighted by molar-refractivity contribution is 9.10. The fourth-order valence-electron chi connectivity index (χ4n) is 2.82. The lowest BCUT2D eigenvalue weighted by molar-refractivity contribution is -0.121. The van der Waals surface area contributed by atoms with Crippen molar-refractivity contribution in [3.8, 4) is 0 Å². The van der Waals surface area contributed by atoms with Crippen molar-refractivity contribution in [1.82, 2.24) is 20.1 Å². The normalized spacial score (nSPS) is 17.4. The molecule has 1 aliphatic rings. The summed E-state index contributed by atoms with van der Waals surface area (Å²) in [6.45, 7) is 3.33. The number of aromatic nitrogens is 3. The van der Waals surface area contributed by atoms with E-state index in [-0.39, 0.29) is 5.91 Å². The molecule has 0 aliphatic carbocycles. The molecule has 0 bridgehead atoms. The fourth-order valence-corrected chi connectivity index (χ4v) is 3.20. The summed E-state index contributed by atoms with van der Waals surface area (Å²) in [5, 5.41) is 7.03. The Hall–Kier alpha value is -1.89. The van der Waals surface area contributed by atoms with Crippen molar-refractivity contribution in [2.45, 2.75) is 19.4 Å². The van der Waals surface area contributed by atoms with Crippen LogP contribution in [0.4, 0.5) is 5.69 Å². The van der Waals surface area contributed by atoms with Crippen LogP contribution in [0.25, 0.3) is 0 Å².